The van der Waals surface area contributed by atoms with E-state index in [2.05, 4.69) is 38.2 Å². The highest BCUT2D eigenvalue weighted by Crippen LogP contribution is 2.29. The number of hydrogen-bond donors (Lipinski definition) is 1. The molecule has 0 spiro atoms. The Hall–Kier alpha value is -1.55. The summed E-state index contributed by atoms with van der Waals surface area (Å²) in [6.07, 6.45) is 2.23. The Morgan fingerprint density at radius 3 is 2.54 bits per heavy atom. The van der Waals surface area contributed by atoms with Crippen molar-refractivity contribution in [2.75, 3.05) is 32.8 Å². The van der Waals surface area contributed by atoms with Gasteiger partial charge in [0.15, 0.2) is 6.61 Å². The predicted octanol–water partition coefficient (Wildman–Crippen LogP) is 2.96. The fourth-order valence-electron chi connectivity index (χ4n) is 3.94. The Labute approximate surface area is 145 Å². The molecule has 0 aliphatic carbocycles. The molecule has 0 radical (unpaired) electrons. The van der Waals surface area contributed by atoms with Crippen LogP contribution in [0.5, 0.6) is 5.75 Å². The maximum Gasteiger partial charge on any atom is 0.260 e. The van der Waals surface area contributed by atoms with Gasteiger partial charge in [0.1, 0.15) is 5.75 Å². The molecule has 2 aliphatic rings. The molecule has 2 saturated heterocycles. The van der Waals surface area contributed by atoms with Crippen LogP contribution in [-0.4, -0.2) is 43.6 Å². The van der Waals surface area contributed by atoms with Gasteiger partial charge in [0.25, 0.3) is 5.91 Å². The van der Waals surface area contributed by atoms with Gasteiger partial charge in [-0.3, -0.25) is 4.79 Å². The summed E-state index contributed by atoms with van der Waals surface area (Å²) in [6, 6.07) is 6.26. The highest BCUT2D eigenvalue weighted by atomic mass is 16.5. The summed E-state index contributed by atoms with van der Waals surface area (Å²) in [5, 5.41) is 3.48. The van der Waals surface area contributed by atoms with Crippen molar-refractivity contribution < 1.29 is 9.53 Å². The third-order valence-electron chi connectivity index (χ3n) is 5.51. The molecule has 24 heavy (non-hydrogen) atoms. The van der Waals surface area contributed by atoms with Crippen LogP contribution in [0.2, 0.25) is 0 Å². The van der Waals surface area contributed by atoms with Gasteiger partial charge in [-0.05, 0) is 67.8 Å². The molecule has 2 heterocycles. The molecule has 2 aliphatic heterocycles. The van der Waals surface area contributed by atoms with Crippen LogP contribution in [0, 0.1) is 18.8 Å². The van der Waals surface area contributed by atoms with Crippen molar-refractivity contribution in [2.24, 2.45) is 11.8 Å². The number of fused-ring (bicyclic) bond motifs is 1. The summed E-state index contributed by atoms with van der Waals surface area (Å²) < 4.78 is 5.93. The van der Waals surface area contributed by atoms with Crippen molar-refractivity contribution >= 4 is 5.91 Å². The zero-order valence-electron chi connectivity index (χ0n) is 15.2. The van der Waals surface area contributed by atoms with Crippen LogP contribution >= 0.6 is 0 Å². The maximum atomic E-state index is 12.6. The van der Waals surface area contributed by atoms with E-state index < -0.39 is 0 Å². The zero-order chi connectivity index (χ0) is 17.1. The van der Waals surface area contributed by atoms with Crippen LogP contribution in [0.15, 0.2) is 18.2 Å². The molecule has 4 heteroatoms. The first-order valence-corrected chi connectivity index (χ1v) is 9.26. The van der Waals surface area contributed by atoms with Gasteiger partial charge in [-0.15, -0.1) is 0 Å². The molecule has 2 fully saturated rings. The van der Waals surface area contributed by atoms with Crippen molar-refractivity contribution in [1.29, 1.82) is 0 Å². The molecule has 1 N–H and O–H groups in total. The SMILES string of the molecule is Cc1ccc(C(C)C)c(OCC(=O)N2CC[C@@H]3CNC[C@@H]3CC2)c1. The molecule has 3 rings (SSSR count). The maximum absolute atomic E-state index is 12.6. The summed E-state index contributed by atoms with van der Waals surface area (Å²) in [6.45, 7) is 10.5. The van der Waals surface area contributed by atoms with Gasteiger partial charge in [0.2, 0.25) is 0 Å². The van der Waals surface area contributed by atoms with E-state index in [0.717, 1.165) is 62.2 Å². The molecule has 0 aromatic heterocycles. The normalized spacial score (nSPS) is 23.9. The molecular formula is C20H30N2O2. The lowest BCUT2D eigenvalue weighted by atomic mass is 9.92. The Bertz CT molecular complexity index is 571. The molecule has 1 aromatic rings. The van der Waals surface area contributed by atoms with Gasteiger partial charge in [0, 0.05) is 13.1 Å². The van der Waals surface area contributed by atoms with Gasteiger partial charge < -0.3 is 15.0 Å². The quantitative estimate of drug-likeness (QED) is 0.923. The topological polar surface area (TPSA) is 41.6 Å². The molecule has 1 amide bonds. The number of carbonyl (C=O) groups excluding carboxylic acids is 1. The van der Waals surface area contributed by atoms with E-state index in [1.807, 2.05) is 11.0 Å². The van der Waals surface area contributed by atoms with Crippen molar-refractivity contribution in [1.82, 2.24) is 10.2 Å². The van der Waals surface area contributed by atoms with Crippen LogP contribution in [0.25, 0.3) is 0 Å². The Balaban J connectivity index is 1.58. The Morgan fingerprint density at radius 2 is 1.92 bits per heavy atom. The first-order valence-electron chi connectivity index (χ1n) is 9.26. The van der Waals surface area contributed by atoms with E-state index in [4.69, 9.17) is 4.74 Å². The second-order valence-corrected chi connectivity index (χ2v) is 7.62. The van der Waals surface area contributed by atoms with Crippen molar-refractivity contribution in [3.63, 3.8) is 0 Å². The van der Waals surface area contributed by atoms with Gasteiger partial charge >= 0.3 is 0 Å². The molecule has 0 bridgehead atoms. The zero-order valence-corrected chi connectivity index (χ0v) is 15.2. The monoisotopic (exact) mass is 330 g/mol. The van der Waals surface area contributed by atoms with Gasteiger partial charge in [-0.25, -0.2) is 0 Å². The second kappa shape index (κ2) is 7.56. The van der Waals surface area contributed by atoms with Crippen molar-refractivity contribution in [3.8, 4) is 5.75 Å². The standard InChI is InChI=1S/C20H30N2O2/c1-14(2)18-5-4-15(3)10-19(18)24-13-20(23)22-8-6-16-11-21-12-17(16)7-9-22/h4-5,10,14,16-17,21H,6-9,11-13H2,1-3H3/t16-,17+. The van der Waals surface area contributed by atoms with Crippen LogP contribution in [0.4, 0.5) is 0 Å². The number of aryl methyl sites for hydroxylation is 1. The summed E-state index contributed by atoms with van der Waals surface area (Å²) in [7, 11) is 0. The minimum Gasteiger partial charge on any atom is -0.483 e. The Morgan fingerprint density at radius 1 is 1.25 bits per heavy atom. The fraction of sp³-hybridized carbons (Fsp3) is 0.650. The molecule has 0 saturated carbocycles. The number of nitrogens with zero attached hydrogens (tertiary/aromatic N) is 1. The molecule has 132 valence electrons. The van der Waals surface area contributed by atoms with Crippen LogP contribution in [0.1, 0.15) is 43.7 Å². The number of ether oxygens (including phenoxy) is 1. The molecular weight excluding hydrogens is 300 g/mol. The summed E-state index contributed by atoms with van der Waals surface area (Å²) in [4.78, 5) is 14.6. The average Bonchev–Trinajstić information content (AvgIpc) is 2.91. The molecule has 0 unspecified atom stereocenters. The number of nitrogens with one attached hydrogen (secondary N) is 1. The third-order valence-corrected chi connectivity index (χ3v) is 5.51. The second-order valence-electron chi connectivity index (χ2n) is 7.62. The summed E-state index contributed by atoms with van der Waals surface area (Å²) >= 11 is 0. The van der Waals surface area contributed by atoms with Gasteiger partial charge in [-0.2, -0.15) is 0 Å². The average molecular weight is 330 g/mol. The van der Waals surface area contributed by atoms with Crippen LogP contribution in [0.3, 0.4) is 0 Å². The Kier molecular flexibility index (Phi) is 5.44. The van der Waals surface area contributed by atoms with E-state index in [-0.39, 0.29) is 12.5 Å². The number of carbonyl (C=O) groups is 1. The van der Waals surface area contributed by atoms with E-state index in [9.17, 15) is 4.79 Å². The minimum absolute atomic E-state index is 0.124. The van der Waals surface area contributed by atoms with Gasteiger partial charge in [-0.1, -0.05) is 26.0 Å². The molecule has 4 nitrogen and oxygen atoms in total. The van der Waals surface area contributed by atoms with E-state index in [1.165, 1.54) is 5.56 Å². The molecule has 1 aromatic carbocycles. The highest BCUT2D eigenvalue weighted by molar-refractivity contribution is 5.77. The molecule has 2 atom stereocenters. The number of likely N-dealkylation sites (tertiary alicyclic amines) is 1. The first-order chi connectivity index (χ1) is 11.5. The van der Waals surface area contributed by atoms with Crippen LogP contribution in [-0.2, 0) is 4.79 Å². The lowest BCUT2D eigenvalue weighted by Crippen LogP contribution is -2.36. The van der Waals surface area contributed by atoms with Crippen LogP contribution < -0.4 is 10.1 Å². The summed E-state index contributed by atoms with van der Waals surface area (Å²) in [5.74, 6) is 2.86. The summed E-state index contributed by atoms with van der Waals surface area (Å²) in [5.41, 5.74) is 2.34. The van der Waals surface area contributed by atoms with Gasteiger partial charge in [0.05, 0.1) is 0 Å². The fourth-order valence-corrected chi connectivity index (χ4v) is 3.94. The van der Waals surface area contributed by atoms with E-state index >= 15 is 0 Å². The number of hydrogen-bond acceptors (Lipinski definition) is 3. The number of benzene rings is 1. The van der Waals surface area contributed by atoms with E-state index in [1.54, 1.807) is 0 Å². The predicted molar refractivity (Wildman–Crippen MR) is 96.4 cm³/mol. The largest absolute Gasteiger partial charge is 0.483 e. The number of rotatable bonds is 4. The minimum atomic E-state index is 0.124. The lowest BCUT2D eigenvalue weighted by Gasteiger charge is -2.22. The lowest BCUT2D eigenvalue weighted by molar-refractivity contribution is -0.133. The van der Waals surface area contributed by atoms with Crippen molar-refractivity contribution in [3.05, 3.63) is 29.3 Å². The number of amides is 1. The third kappa shape index (κ3) is 3.92. The highest BCUT2D eigenvalue weighted by Gasteiger charge is 2.31. The smallest absolute Gasteiger partial charge is 0.260 e. The van der Waals surface area contributed by atoms with Crippen molar-refractivity contribution in [2.45, 2.75) is 39.5 Å². The van der Waals surface area contributed by atoms with E-state index in [0.29, 0.717) is 5.92 Å². The first kappa shape index (κ1) is 17.3.